The summed E-state index contributed by atoms with van der Waals surface area (Å²) in [5.74, 6) is -0.441. The lowest BCUT2D eigenvalue weighted by molar-refractivity contribution is 0.251. The summed E-state index contributed by atoms with van der Waals surface area (Å²) in [6.07, 6.45) is 0. The van der Waals surface area contributed by atoms with Gasteiger partial charge in [-0.15, -0.1) is 0 Å². The molecular weight excluding hydrogens is 318 g/mol. The van der Waals surface area contributed by atoms with Crippen LogP contribution in [0.3, 0.4) is 0 Å². The molecule has 0 saturated carbocycles. The predicted octanol–water partition coefficient (Wildman–Crippen LogP) is 3.07. The first kappa shape index (κ1) is 15.2. The Morgan fingerprint density at radius 2 is 2.00 bits per heavy atom. The summed E-state index contributed by atoms with van der Waals surface area (Å²) in [5, 5.41) is 5.90. The van der Waals surface area contributed by atoms with Crippen molar-refractivity contribution in [2.45, 2.75) is 6.54 Å². The molecule has 0 radical (unpaired) electrons. The number of halogens is 1. The van der Waals surface area contributed by atoms with E-state index in [9.17, 15) is 9.59 Å². The molecule has 7 heteroatoms. The minimum atomic E-state index is -0.441. The highest BCUT2D eigenvalue weighted by atomic mass is 35.5. The van der Waals surface area contributed by atoms with Crippen molar-refractivity contribution in [3.05, 3.63) is 64.1 Å². The Bertz CT molecular complexity index is 901. The molecule has 0 aliphatic heterocycles. The fourth-order valence-corrected chi connectivity index (χ4v) is 2.44. The first-order chi connectivity index (χ1) is 11.1. The first-order valence-electron chi connectivity index (χ1n) is 7.02. The van der Waals surface area contributed by atoms with Crippen molar-refractivity contribution in [2.24, 2.45) is 0 Å². The molecule has 118 valence electrons. The molecule has 0 spiro atoms. The van der Waals surface area contributed by atoms with E-state index in [4.69, 9.17) is 16.0 Å². The Hall–Kier alpha value is -2.73. The number of benzene rings is 2. The van der Waals surface area contributed by atoms with Crippen molar-refractivity contribution >= 4 is 34.4 Å². The van der Waals surface area contributed by atoms with Gasteiger partial charge < -0.3 is 15.1 Å². The number of anilines is 1. The van der Waals surface area contributed by atoms with Crippen LogP contribution in [0.1, 0.15) is 0 Å². The SMILES string of the molecule is O=C(NCCn1c(=O)oc2ccccc21)Nc1cccc(Cl)c1. The lowest BCUT2D eigenvalue weighted by Crippen LogP contribution is -2.32. The molecular formula is C16H14ClN3O3. The zero-order chi connectivity index (χ0) is 16.2. The van der Waals surface area contributed by atoms with Gasteiger partial charge in [-0.1, -0.05) is 29.8 Å². The third kappa shape index (κ3) is 3.54. The largest absolute Gasteiger partial charge is 0.420 e. The maximum atomic E-state index is 11.8. The molecule has 23 heavy (non-hydrogen) atoms. The number of rotatable bonds is 4. The average molecular weight is 332 g/mol. The Balaban J connectivity index is 1.59. The summed E-state index contributed by atoms with van der Waals surface area (Å²) >= 11 is 5.85. The van der Waals surface area contributed by atoms with Crippen LogP contribution in [0, 0.1) is 0 Å². The first-order valence-corrected chi connectivity index (χ1v) is 7.40. The average Bonchev–Trinajstić information content (AvgIpc) is 2.83. The van der Waals surface area contributed by atoms with Crippen LogP contribution in [0.2, 0.25) is 5.02 Å². The van der Waals surface area contributed by atoms with E-state index in [1.54, 1.807) is 42.5 Å². The summed E-state index contributed by atoms with van der Waals surface area (Å²) in [7, 11) is 0. The van der Waals surface area contributed by atoms with Crippen LogP contribution >= 0.6 is 11.6 Å². The number of carbonyl (C=O) groups excluding carboxylic acids is 1. The van der Waals surface area contributed by atoms with E-state index in [2.05, 4.69) is 10.6 Å². The molecule has 0 bridgehead atoms. The van der Waals surface area contributed by atoms with Crippen LogP contribution in [0.25, 0.3) is 11.1 Å². The maximum absolute atomic E-state index is 11.8. The lowest BCUT2D eigenvalue weighted by atomic mass is 10.3. The highest BCUT2D eigenvalue weighted by molar-refractivity contribution is 6.30. The van der Waals surface area contributed by atoms with E-state index in [0.717, 1.165) is 0 Å². The number of nitrogens with zero attached hydrogens (tertiary/aromatic N) is 1. The minimum absolute atomic E-state index is 0.288. The van der Waals surface area contributed by atoms with E-state index < -0.39 is 5.76 Å². The highest BCUT2D eigenvalue weighted by Crippen LogP contribution is 2.14. The van der Waals surface area contributed by atoms with Gasteiger partial charge in [0.05, 0.1) is 5.52 Å². The van der Waals surface area contributed by atoms with Crippen molar-refractivity contribution in [2.75, 3.05) is 11.9 Å². The van der Waals surface area contributed by atoms with E-state index in [1.807, 2.05) is 6.07 Å². The number of nitrogens with one attached hydrogen (secondary N) is 2. The van der Waals surface area contributed by atoms with Crippen LogP contribution in [-0.2, 0) is 6.54 Å². The van der Waals surface area contributed by atoms with Gasteiger partial charge in [-0.05, 0) is 30.3 Å². The van der Waals surface area contributed by atoms with Gasteiger partial charge in [-0.2, -0.15) is 0 Å². The fourth-order valence-electron chi connectivity index (χ4n) is 2.25. The summed E-state index contributed by atoms with van der Waals surface area (Å²) in [6, 6.07) is 13.6. The number of para-hydroxylation sites is 2. The topological polar surface area (TPSA) is 76.3 Å². The second kappa shape index (κ2) is 6.58. The zero-order valence-corrected chi connectivity index (χ0v) is 12.8. The number of fused-ring (bicyclic) bond motifs is 1. The quantitative estimate of drug-likeness (QED) is 0.771. The lowest BCUT2D eigenvalue weighted by Gasteiger charge is -2.08. The predicted molar refractivity (Wildman–Crippen MR) is 88.9 cm³/mol. The molecule has 0 atom stereocenters. The standard InChI is InChI=1S/C16H14ClN3O3/c17-11-4-3-5-12(10-11)19-15(21)18-8-9-20-13-6-1-2-7-14(13)23-16(20)22/h1-7,10H,8-9H2,(H2,18,19,21). The minimum Gasteiger partial charge on any atom is -0.408 e. The Morgan fingerprint density at radius 1 is 1.17 bits per heavy atom. The van der Waals surface area contributed by atoms with Crippen LogP contribution in [0.5, 0.6) is 0 Å². The van der Waals surface area contributed by atoms with E-state index >= 15 is 0 Å². The summed E-state index contributed by atoms with van der Waals surface area (Å²) < 4.78 is 6.61. The molecule has 0 aliphatic carbocycles. The third-order valence-corrected chi connectivity index (χ3v) is 3.51. The van der Waals surface area contributed by atoms with Crippen LogP contribution in [0.15, 0.2) is 57.7 Å². The number of aromatic nitrogens is 1. The van der Waals surface area contributed by atoms with Gasteiger partial charge in [-0.25, -0.2) is 9.59 Å². The molecule has 3 rings (SSSR count). The van der Waals surface area contributed by atoms with Gasteiger partial charge in [0.15, 0.2) is 5.58 Å². The number of urea groups is 1. The summed E-state index contributed by atoms with van der Waals surface area (Å²) in [6.45, 7) is 0.606. The van der Waals surface area contributed by atoms with Gasteiger partial charge in [0, 0.05) is 23.8 Å². The molecule has 2 amide bonds. The normalized spacial score (nSPS) is 10.7. The number of hydrogen-bond acceptors (Lipinski definition) is 3. The molecule has 0 unspecified atom stereocenters. The van der Waals surface area contributed by atoms with Gasteiger partial charge in [0.2, 0.25) is 0 Å². The molecule has 1 aromatic heterocycles. The Labute approximate surface area is 136 Å². The molecule has 0 saturated heterocycles. The number of amides is 2. The second-order valence-electron chi connectivity index (χ2n) is 4.88. The molecule has 0 aliphatic rings. The highest BCUT2D eigenvalue weighted by Gasteiger charge is 2.08. The van der Waals surface area contributed by atoms with Crippen molar-refractivity contribution in [3.63, 3.8) is 0 Å². The van der Waals surface area contributed by atoms with Crippen LogP contribution < -0.4 is 16.4 Å². The second-order valence-corrected chi connectivity index (χ2v) is 5.32. The van der Waals surface area contributed by atoms with Gasteiger partial charge >= 0.3 is 11.8 Å². The van der Waals surface area contributed by atoms with Crippen molar-refractivity contribution in [3.8, 4) is 0 Å². The van der Waals surface area contributed by atoms with Gasteiger partial charge in [-0.3, -0.25) is 4.57 Å². The monoisotopic (exact) mass is 331 g/mol. The van der Waals surface area contributed by atoms with Gasteiger partial charge in [0.1, 0.15) is 0 Å². The summed E-state index contributed by atoms with van der Waals surface area (Å²) in [4.78, 5) is 23.6. The third-order valence-electron chi connectivity index (χ3n) is 3.28. The van der Waals surface area contributed by atoms with E-state index in [0.29, 0.717) is 28.4 Å². The maximum Gasteiger partial charge on any atom is 0.420 e. The van der Waals surface area contributed by atoms with Gasteiger partial charge in [0.25, 0.3) is 0 Å². The van der Waals surface area contributed by atoms with Crippen molar-refractivity contribution < 1.29 is 9.21 Å². The summed E-state index contributed by atoms with van der Waals surface area (Å²) in [5.41, 5.74) is 1.83. The zero-order valence-electron chi connectivity index (χ0n) is 12.1. The number of carbonyl (C=O) groups is 1. The molecule has 1 heterocycles. The molecule has 0 fully saturated rings. The Kier molecular flexibility index (Phi) is 4.34. The molecule has 3 aromatic rings. The van der Waals surface area contributed by atoms with Crippen LogP contribution in [0.4, 0.5) is 10.5 Å². The molecule has 2 aromatic carbocycles. The Morgan fingerprint density at radius 3 is 2.83 bits per heavy atom. The van der Waals surface area contributed by atoms with Crippen LogP contribution in [-0.4, -0.2) is 17.1 Å². The smallest absolute Gasteiger partial charge is 0.408 e. The van der Waals surface area contributed by atoms with Crippen molar-refractivity contribution in [1.82, 2.24) is 9.88 Å². The van der Waals surface area contributed by atoms with E-state index in [1.165, 1.54) is 4.57 Å². The van der Waals surface area contributed by atoms with Crippen molar-refractivity contribution in [1.29, 1.82) is 0 Å². The number of oxazole rings is 1. The number of hydrogen-bond donors (Lipinski definition) is 2. The van der Waals surface area contributed by atoms with E-state index in [-0.39, 0.29) is 12.6 Å². The fraction of sp³-hybridized carbons (Fsp3) is 0.125. The molecule has 2 N–H and O–H groups in total. The molecule has 6 nitrogen and oxygen atoms in total.